The van der Waals surface area contributed by atoms with Crippen molar-refractivity contribution in [3.63, 3.8) is 0 Å². The standard InChI is InChI=1S/C17H13ClN2O2/c18-10-16(19)20-13-7-5-11(6-8-13)17(21)15-9-12-3-1-2-4-14(12)22-15/h1-9H,10H2,(H2,19,20). The number of hydrogen-bond acceptors (Lipinski definition) is 3. The van der Waals surface area contributed by atoms with Gasteiger partial charge in [-0.05, 0) is 36.4 Å². The van der Waals surface area contributed by atoms with Gasteiger partial charge in [0.1, 0.15) is 11.4 Å². The Morgan fingerprint density at radius 3 is 2.55 bits per heavy atom. The summed E-state index contributed by atoms with van der Waals surface area (Å²) < 4.78 is 5.58. The van der Waals surface area contributed by atoms with E-state index in [-0.39, 0.29) is 11.7 Å². The average molecular weight is 313 g/mol. The van der Waals surface area contributed by atoms with Crippen LogP contribution in [-0.2, 0) is 0 Å². The van der Waals surface area contributed by atoms with Gasteiger partial charge in [0.15, 0.2) is 5.76 Å². The van der Waals surface area contributed by atoms with Crippen LogP contribution in [-0.4, -0.2) is 17.5 Å². The number of halogens is 1. The van der Waals surface area contributed by atoms with E-state index in [2.05, 4.69) is 4.99 Å². The molecule has 3 rings (SSSR count). The van der Waals surface area contributed by atoms with E-state index in [1.165, 1.54) is 0 Å². The second-order valence-electron chi connectivity index (χ2n) is 4.76. The van der Waals surface area contributed by atoms with Crippen molar-refractivity contribution in [3.8, 4) is 0 Å². The molecule has 2 aromatic carbocycles. The van der Waals surface area contributed by atoms with E-state index in [1.54, 1.807) is 30.3 Å². The van der Waals surface area contributed by atoms with Crippen LogP contribution in [0.3, 0.4) is 0 Å². The Bertz CT molecular complexity index is 817. The predicted octanol–water partition coefficient (Wildman–Crippen LogP) is 3.89. The number of nitrogens with two attached hydrogens (primary N) is 1. The minimum Gasteiger partial charge on any atom is -0.453 e. The largest absolute Gasteiger partial charge is 0.453 e. The van der Waals surface area contributed by atoms with Crippen LogP contribution < -0.4 is 5.73 Å². The van der Waals surface area contributed by atoms with Crippen molar-refractivity contribution < 1.29 is 9.21 Å². The molecular weight excluding hydrogens is 300 g/mol. The molecular formula is C17H13ClN2O2. The molecule has 0 aliphatic rings. The van der Waals surface area contributed by atoms with Crippen molar-refractivity contribution in [2.24, 2.45) is 10.7 Å². The van der Waals surface area contributed by atoms with E-state index in [0.717, 1.165) is 5.39 Å². The first-order valence-electron chi connectivity index (χ1n) is 6.70. The third kappa shape index (κ3) is 2.87. The maximum Gasteiger partial charge on any atom is 0.228 e. The number of carbonyl (C=O) groups is 1. The lowest BCUT2D eigenvalue weighted by atomic mass is 10.1. The van der Waals surface area contributed by atoms with Gasteiger partial charge in [-0.25, -0.2) is 4.99 Å². The van der Waals surface area contributed by atoms with Gasteiger partial charge in [-0.3, -0.25) is 4.79 Å². The zero-order valence-electron chi connectivity index (χ0n) is 11.6. The molecule has 0 saturated heterocycles. The third-order valence-corrected chi connectivity index (χ3v) is 3.46. The van der Waals surface area contributed by atoms with E-state index >= 15 is 0 Å². The van der Waals surface area contributed by atoms with E-state index < -0.39 is 0 Å². The van der Waals surface area contributed by atoms with Crippen LogP contribution in [0.15, 0.2) is 64.0 Å². The van der Waals surface area contributed by atoms with Gasteiger partial charge in [-0.15, -0.1) is 11.6 Å². The number of para-hydroxylation sites is 1. The highest BCUT2D eigenvalue weighted by Crippen LogP contribution is 2.22. The molecule has 0 fully saturated rings. The molecule has 4 nitrogen and oxygen atoms in total. The number of amidine groups is 1. The number of carbonyl (C=O) groups excluding carboxylic acids is 1. The summed E-state index contributed by atoms with van der Waals surface area (Å²) >= 11 is 5.58. The number of nitrogens with zero attached hydrogens (tertiary/aromatic N) is 1. The molecule has 0 spiro atoms. The molecule has 0 aliphatic carbocycles. The highest BCUT2D eigenvalue weighted by atomic mass is 35.5. The lowest BCUT2D eigenvalue weighted by molar-refractivity contribution is 0.101. The van der Waals surface area contributed by atoms with Gasteiger partial charge in [0, 0.05) is 10.9 Å². The van der Waals surface area contributed by atoms with E-state index in [1.807, 2.05) is 24.3 Å². The molecule has 0 aliphatic heterocycles. The number of benzene rings is 2. The van der Waals surface area contributed by atoms with Gasteiger partial charge in [-0.1, -0.05) is 18.2 Å². The van der Waals surface area contributed by atoms with Gasteiger partial charge in [0.25, 0.3) is 0 Å². The molecule has 0 unspecified atom stereocenters. The van der Waals surface area contributed by atoms with Crippen LogP contribution in [0.1, 0.15) is 16.1 Å². The van der Waals surface area contributed by atoms with Crippen molar-refractivity contribution >= 4 is 39.9 Å². The highest BCUT2D eigenvalue weighted by molar-refractivity contribution is 6.28. The lowest BCUT2D eigenvalue weighted by Gasteiger charge is -2.00. The summed E-state index contributed by atoms with van der Waals surface area (Å²) in [6.45, 7) is 0. The van der Waals surface area contributed by atoms with Crippen molar-refractivity contribution in [3.05, 3.63) is 65.9 Å². The second-order valence-corrected chi connectivity index (χ2v) is 5.03. The Labute approximate surface area is 132 Å². The van der Waals surface area contributed by atoms with E-state index in [4.69, 9.17) is 21.8 Å². The molecule has 0 amide bonds. The molecule has 2 N–H and O–H groups in total. The number of rotatable bonds is 4. The quantitative estimate of drug-likeness (QED) is 0.344. The first-order valence-corrected chi connectivity index (χ1v) is 7.23. The van der Waals surface area contributed by atoms with Gasteiger partial charge < -0.3 is 10.2 Å². The molecule has 5 heteroatoms. The first-order chi connectivity index (χ1) is 10.7. The Hall–Kier alpha value is -2.59. The van der Waals surface area contributed by atoms with Crippen molar-refractivity contribution in [1.82, 2.24) is 0 Å². The molecule has 0 radical (unpaired) electrons. The van der Waals surface area contributed by atoms with Crippen LogP contribution in [0.25, 0.3) is 11.0 Å². The van der Waals surface area contributed by atoms with Crippen LogP contribution in [0.5, 0.6) is 0 Å². The third-order valence-electron chi connectivity index (χ3n) is 3.19. The number of hydrogen-bond donors (Lipinski definition) is 1. The summed E-state index contributed by atoms with van der Waals surface area (Å²) in [6.07, 6.45) is 0. The lowest BCUT2D eigenvalue weighted by Crippen LogP contribution is -2.12. The number of aliphatic imine (C=N–C) groups is 1. The summed E-state index contributed by atoms with van der Waals surface area (Å²) in [5.74, 6) is 0.646. The topological polar surface area (TPSA) is 68.6 Å². The average Bonchev–Trinajstić information content (AvgIpc) is 2.98. The maximum absolute atomic E-state index is 12.4. The molecule has 1 heterocycles. The van der Waals surface area contributed by atoms with Crippen LogP contribution in [0, 0.1) is 0 Å². The summed E-state index contributed by atoms with van der Waals surface area (Å²) in [5, 5.41) is 0.905. The minimum absolute atomic E-state index is 0.166. The van der Waals surface area contributed by atoms with Gasteiger partial charge in [0.2, 0.25) is 5.78 Å². The SMILES string of the molecule is NC(CCl)=Nc1ccc(C(=O)c2cc3ccccc3o2)cc1. The summed E-state index contributed by atoms with van der Waals surface area (Å²) in [5.41, 5.74) is 7.45. The molecule has 1 aromatic heterocycles. The normalized spacial score (nSPS) is 11.8. The molecule has 0 saturated carbocycles. The van der Waals surface area contributed by atoms with Crippen LogP contribution >= 0.6 is 11.6 Å². The molecule has 22 heavy (non-hydrogen) atoms. The second kappa shape index (κ2) is 6.03. The number of alkyl halides is 1. The van der Waals surface area contributed by atoms with Crippen molar-refractivity contribution in [1.29, 1.82) is 0 Å². The zero-order valence-corrected chi connectivity index (χ0v) is 12.4. The van der Waals surface area contributed by atoms with Gasteiger partial charge >= 0.3 is 0 Å². The number of fused-ring (bicyclic) bond motifs is 1. The Morgan fingerprint density at radius 2 is 1.86 bits per heavy atom. The molecule has 0 bridgehead atoms. The Balaban J connectivity index is 1.88. The van der Waals surface area contributed by atoms with Crippen molar-refractivity contribution in [2.75, 3.05) is 5.88 Å². The molecule has 3 aromatic rings. The number of furan rings is 1. The minimum atomic E-state index is -0.169. The van der Waals surface area contributed by atoms with Gasteiger partial charge in [0.05, 0.1) is 11.6 Å². The fraction of sp³-hybridized carbons (Fsp3) is 0.0588. The summed E-state index contributed by atoms with van der Waals surface area (Å²) in [7, 11) is 0. The van der Waals surface area contributed by atoms with Crippen LogP contribution in [0.4, 0.5) is 5.69 Å². The Kier molecular flexibility index (Phi) is 3.94. The zero-order chi connectivity index (χ0) is 15.5. The number of ketones is 1. The van der Waals surface area contributed by atoms with Crippen molar-refractivity contribution in [2.45, 2.75) is 0 Å². The highest BCUT2D eigenvalue weighted by Gasteiger charge is 2.14. The fourth-order valence-electron chi connectivity index (χ4n) is 2.12. The van der Waals surface area contributed by atoms with Gasteiger partial charge in [-0.2, -0.15) is 0 Å². The molecule has 110 valence electrons. The van der Waals surface area contributed by atoms with E-state index in [9.17, 15) is 4.79 Å². The van der Waals surface area contributed by atoms with E-state index in [0.29, 0.717) is 28.4 Å². The maximum atomic E-state index is 12.4. The first kappa shape index (κ1) is 14.4. The monoisotopic (exact) mass is 312 g/mol. The van der Waals surface area contributed by atoms with Crippen LogP contribution in [0.2, 0.25) is 0 Å². The molecule has 0 atom stereocenters. The fourth-order valence-corrected chi connectivity index (χ4v) is 2.18. The smallest absolute Gasteiger partial charge is 0.228 e. The Morgan fingerprint density at radius 1 is 1.14 bits per heavy atom. The predicted molar refractivity (Wildman–Crippen MR) is 88.1 cm³/mol. The summed E-state index contributed by atoms with van der Waals surface area (Å²) in [4.78, 5) is 16.5. The summed E-state index contributed by atoms with van der Waals surface area (Å²) in [6, 6.07) is 16.1.